The van der Waals surface area contributed by atoms with Gasteiger partial charge in [0.2, 0.25) is 0 Å². The molecule has 18 heavy (non-hydrogen) atoms. The number of benzene rings is 1. The zero-order valence-electron chi connectivity index (χ0n) is 10.7. The molecule has 0 aliphatic heterocycles. The van der Waals surface area contributed by atoms with Gasteiger partial charge in [-0.05, 0) is 31.7 Å². The summed E-state index contributed by atoms with van der Waals surface area (Å²) in [7, 11) is 0. The van der Waals surface area contributed by atoms with Crippen LogP contribution in [0.1, 0.15) is 29.9 Å². The Morgan fingerprint density at radius 1 is 1.33 bits per heavy atom. The van der Waals surface area contributed by atoms with Crippen molar-refractivity contribution in [3.63, 3.8) is 0 Å². The van der Waals surface area contributed by atoms with Crippen LogP contribution in [0.4, 0.5) is 4.39 Å². The van der Waals surface area contributed by atoms with Gasteiger partial charge in [-0.3, -0.25) is 0 Å². The fraction of sp³-hybridized carbons (Fsp3) is 0.333. The number of rotatable bonds is 5. The maximum absolute atomic E-state index is 13.9. The van der Waals surface area contributed by atoms with Crippen molar-refractivity contribution in [1.29, 1.82) is 0 Å². The molecule has 0 amide bonds. The van der Waals surface area contributed by atoms with E-state index in [1.165, 1.54) is 6.07 Å². The van der Waals surface area contributed by atoms with E-state index in [0.717, 1.165) is 17.9 Å². The first-order valence-electron chi connectivity index (χ1n) is 6.22. The monoisotopic (exact) mass is 247 g/mol. The minimum Gasteiger partial charge on any atom is -0.469 e. The van der Waals surface area contributed by atoms with E-state index in [4.69, 9.17) is 4.42 Å². The largest absolute Gasteiger partial charge is 0.469 e. The summed E-state index contributed by atoms with van der Waals surface area (Å²) in [6.07, 6.45) is 2.30. The molecule has 0 aliphatic carbocycles. The van der Waals surface area contributed by atoms with E-state index >= 15 is 0 Å². The van der Waals surface area contributed by atoms with Crippen LogP contribution in [0.25, 0.3) is 0 Å². The Bertz CT molecular complexity index is 493. The highest BCUT2D eigenvalue weighted by Gasteiger charge is 2.16. The average Bonchev–Trinajstić information content (AvgIpc) is 2.85. The second-order valence-electron chi connectivity index (χ2n) is 4.42. The SMILES string of the molecule is CCNC(Cc1ccco1)c1cc(C)ccc1F. The molecule has 0 saturated carbocycles. The molecular formula is C15H18FNO. The summed E-state index contributed by atoms with van der Waals surface area (Å²) < 4.78 is 19.2. The predicted octanol–water partition coefficient (Wildman–Crippen LogP) is 3.62. The van der Waals surface area contributed by atoms with Crippen LogP contribution < -0.4 is 5.32 Å². The van der Waals surface area contributed by atoms with Crippen LogP contribution >= 0.6 is 0 Å². The van der Waals surface area contributed by atoms with Crippen LogP contribution in [-0.4, -0.2) is 6.54 Å². The fourth-order valence-electron chi connectivity index (χ4n) is 2.10. The standard InChI is InChI=1S/C15H18FNO/c1-3-17-15(10-12-5-4-8-18-12)13-9-11(2)6-7-14(13)16/h4-9,15,17H,3,10H2,1-2H3. The molecule has 96 valence electrons. The number of likely N-dealkylation sites (N-methyl/N-ethyl adjacent to an activating group) is 1. The minimum absolute atomic E-state index is 0.0546. The van der Waals surface area contributed by atoms with Gasteiger partial charge in [-0.15, -0.1) is 0 Å². The van der Waals surface area contributed by atoms with Crippen molar-refractivity contribution in [3.8, 4) is 0 Å². The van der Waals surface area contributed by atoms with E-state index in [-0.39, 0.29) is 11.9 Å². The Labute approximate surface area is 107 Å². The van der Waals surface area contributed by atoms with Gasteiger partial charge in [0.05, 0.1) is 6.26 Å². The molecule has 2 aromatic rings. The van der Waals surface area contributed by atoms with Gasteiger partial charge >= 0.3 is 0 Å². The van der Waals surface area contributed by atoms with Gasteiger partial charge in [0.1, 0.15) is 11.6 Å². The molecule has 2 nitrogen and oxygen atoms in total. The molecule has 1 aromatic carbocycles. The van der Waals surface area contributed by atoms with Crippen LogP contribution in [0.5, 0.6) is 0 Å². The van der Waals surface area contributed by atoms with Crippen LogP contribution in [-0.2, 0) is 6.42 Å². The zero-order chi connectivity index (χ0) is 13.0. The molecule has 1 unspecified atom stereocenters. The molecule has 0 bridgehead atoms. The summed E-state index contributed by atoms with van der Waals surface area (Å²) in [4.78, 5) is 0. The fourth-order valence-corrected chi connectivity index (χ4v) is 2.10. The highest BCUT2D eigenvalue weighted by molar-refractivity contribution is 5.27. The zero-order valence-corrected chi connectivity index (χ0v) is 10.7. The quantitative estimate of drug-likeness (QED) is 0.873. The Hall–Kier alpha value is -1.61. The Morgan fingerprint density at radius 2 is 2.17 bits per heavy atom. The smallest absolute Gasteiger partial charge is 0.128 e. The minimum atomic E-state index is -0.168. The summed E-state index contributed by atoms with van der Waals surface area (Å²) >= 11 is 0. The topological polar surface area (TPSA) is 25.2 Å². The Balaban J connectivity index is 2.26. The van der Waals surface area contributed by atoms with Gasteiger partial charge in [0, 0.05) is 18.0 Å². The first-order chi connectivity index (χ1) is 8.70. The van der Waals surface area contributed by atoms with Crippen LogP contribution in [0.3, 0.4) is 0 Å². The van der Waals surface area contributed by atoms with Crippen molar-refractivity contribution in [2.45, 2.75) is 26.3 Å². The van der Waals surface area contributed by atoms with Gasteiger partial charge in [-0.1, -0.05) is 24.6 Å². The maximum Gasteiger partial charge on any atom is 0.128 e. The highest BCUT2D eigenvalue weighted by atomic mass is 19.1. The summed E-state index contributed by atoms with van der Waals surface area (Å²) in [6, 6.07) is 8.92. The Kier molecular flexibility index (Phi) is 4.15. The molecule has 1 aromatic heterocycles. The molecule has 0 saturated heterocycles. The predicted molar refractivity (Wildman–Crippen MR) is 70.0 cm³/mol. The van der Waals surface area contributed by atoms with Crippen molar-refractivity contribution in [1.82, 2.24) is 5.32 Å². The van der Waals surface area contributed by atoms with Crippen LogP contribution in [0.15, 0.2) is 41.0 Å². The van der Waals surface area contributed by atoms with E-state index in [0.29, 0.717) is 12.0 Å². The summed E-state index contributed by atoms with van der Waals surface area (Å²) in [5.74, 6) is 0.694. The Morgan fingerprint density at radius 3 is 2.83 bits per heavy atom. The maximum atomic E-state index is 13.9. The molecule has 0 aliphatic rings. The molecule has 0 fully saturated rings. The van der Waals surface area contributed by atoms with Gasteiger partial charge in [-0.2, -0.15) is 0 Å². The summed E-state index contributed by atoms with van der Waals surface area (Å²) in [5, 5.41) is 3.31. The second kappa shape index (κ2) is 5.83. The van der Waals surface area contributed by atoms with Crippen molar-refractivity contribution in [2.75, 3.05) is 6.54 Å². The molecular weight excluding hydrogens is 229 g/mol. The lowest BCUT2D eigenvalue weighted by atomic mass is 10.00. The van der Waals surface area contributed by atoms with Crippen molar-refractivity contribution in [2.24, 2.45) is 0 Å². The lowest BCUT2D eigenvalue weighted by Gasteiger charge is -2.18. The lowest BCUT2D eigenvalue weighted by Crippen LogP contribution is -2.23. The highest BCUT2D eigenvalue weighted by Crippen LogP contribution is 2.22. The average molecular weight is 247 g/mol. The molecule has 0 spiro atoms. The van der Waals surface area contributed by atoms with E-state index in [1.807, 2.05) is 32.0 Å². The lowest BCUT2D eigenvalue weighted by molar-refractivity contribution is 0.444. The van der Waals surface area contributed by atoms with E-state index in [9.17, 15) is 4.39 Å². The molecule has 1 N–H and O–H groups in total. The molecule has 0 radical (unpaired) electrons. The molecule has 3 heteroatoms. The third kappa shape index (κ3) is 2.99. The van der Waals surface area contributed by atoms with Crippen LogP contribution in [0, 0.1) is 12.7 Å². The number of furan rings is 1. The second-order valence-corrected chi connectivity index (χ2v) is 4.42. The third-order valence-corrected chi connectivity index (χ3v) is 2.96. The first-order valence-corrected chi connectivity index (χ1v) is 6.22. The van der Waals surface area contributed by atoms with Gasteiger partial charge in [0.25, 0.3) is 0 Å². The number of halogens is 1. The van der Waals surface area contributed by atoms with E-state index in [2.05, 4.69) is 5.32 Å². The number of hydrogen-bond donors (Lipinski definition) is 1. The van der Waals surface area contributed by atoms with Crippen molar-refractivity contribution in [3.05, 3.63) is 59.3 Å². The van der Waals surface area contributed by atoms with E-state index in [1.54, 1.807) is 12.3 Å². The summed E-state index contributed by atoms with van der Waals surface area (Å²) in [6.45, 7) is 4.78. The normalized spacial score (nSPS) is 12.6. The third-order valence-electron chi connectivity index (χ3n) is 2.96. The number of aryl methyl sites for hydroxylation is 1. The van der Waals surface area contributed by atoms with Gasteiger partial charge in [-0.25, -0.2) is 4.39 Å². The van der Waals surface area contributed by atoms with E-state index < -0.39 is 0 Å². The molecule has 2 rings (SSSR count). The van der Waals surface area contributed by atoms with Crippen molar-refractivity contribution >= 4 is 0 Å². The molecule has 1 heterocycles. The van der Waals surface area contributed by atoms with Crippen molar-refractivity contribution < 1.29 is 8.81 Å². The van der Waals surface area contributed by atoms with Gasteiger partial charge in [0.15, 0.2) is 0 Å². The first kappa shape index (κ1) is 12.8. The molecule has 1 atom stereocenters. The number of nitrogens with one attached hydrogen (secondary N) is 1. The van der Waals surface area contributed by atoms with Crippen LogP contribution in [0.2, 0.25) is 0 Å². The number of hydrogen-bond acceptors (Lipinski definition) is 2. The van der Waals surface area contributed by atoms with Gasteiger partial charge < -0.3 is 9.73 Å². The summed E-state index contributed by atoms with van der Waals surface area (Å²) in [5.41, 5.74) is 1.77.